The molecule has 0 aromatic carbocycles. The number of nitrogens with one attached hydrogen (secondary N) is 1. The molecule has 0 bridgehead atoms. The Kier molecular flexibility index (Phi) is 3.72. The monoisotopic (exact) mass is 184 g/mol. The molecule has 2 atom stereocenters. The third-order valence-electron chi connectivity index (χ3n) is 2.73. The number of amides is 1. The minimum absolute atomic E-state index is 0.195. The van der Waals surface area contributed by atoms with Crippen molar-refractivity contribution in [3.8, 4) is 0 Å². The van der Waals surface area contributed by atoms with Crippen LogP contribution in [0, 0.1) is 11.8 Å². The molecule has 0 saturated heterocycles. The largest absolute Gasteiger partial charge is 0.353 e. The SMILES string of the molecule is CC(CCN)NC(=O)C(C)C1CC1. The lowest BCUT2D eigenvalue weighted by Gasteiger charge is -2.16. The quantitative estimate of drug-likeness (QED) is 0.666. The van der Waals surface area contributed by atoms with E-state index in [-0.39, 0.29) is 17.9 Å². The molecule has 1 aliphatic rings. The van der Waals surface area contributed by atoms with Gasteiger partial charge in [-0.1, -0.05) is 6.92 Å². The van der Waals surface area contributed by atoms with Crippen molar-refractivity contribution in [3.63, 3.8) is 0 Å². The zero-order chi connectivity index (χ0) is 9.84. The molecule has 0 aliphatic heterocycles. The summed E-state index contributed by atoms with van der Waals surface area (Å²) in [6, 6.07) is 0.221. The zero-order valence-corrected chi connectivity index (χ0v) is 8.55. The van der Waals surface area contributed by atoms with Crippen LogP contribution in [0.15, 0.2) is 0 Å². The van der Waals surface area contributed by atoms with Crippen LogP contribution in [-0.4, -0.2) is 18.5 Å². The fraction of sp³-hybridized carbons (Fsp3) is 0.900. The second-order valence-corrected chi connectivity index (χ2v) is 4.11. The zero-order valence-electron chi connectivity index (χ0n) is 8.55. The minimum atomic E-state index is 0.195. The summed E-state index contributed by atoms with van der Waals surface area (Å²) in [5, 5.41) is 2.98. The van der Waals surface area contributed by atoms with Crippen molar-refractivity contribution in [2.24, 2.45) is 17.6 Å². The third-order valence-corrected chi connectivity index (χ3v) is 2.73. The van der Waals surface area contributed by atoms with Gasteiger partial charge in [-0.15, -0.1) is 0 Å². The molecular formula is C10H20N2O. The Morgan fingerprint density at radius 2 is 2.15 bits per heavy atom. The molecule has 3 N–H and O–H groups in total. The summed E-state index contributed by atoms with van der Waals surface area (Å²) in [5.74, 6) is 1.04. The van der Waals surface area contributed by atoms with Crippen molar-refractivity contribution in [1.29, 1.82) is 0 Å². The highest BCUT2D eigenvalue weighted by Gasteiger charge is 2.32. The van der Waals surface area contributed by atoms with Gasteiger partial charge in [0.25, 0.3) is 0 Å². The molecule has 2 unspecified atom stereocenters. The molecular weight excluding hydrogens is 164 g/mol. The first kappa shape index (κ1) is 10.5. The van der Waals surface area contributed by atoms with Crippen LogP contribution in [0.5, 0.6) is 0 Å². The highest BCUT2D eigenvalue weighted by atomic mass is 16.1. The van der Waals surface area contributed by atoms with E-state index >= 15 is 0 Å². The fourth-order valence-corrected chi connectivity index (χ4v) is 1.51. The molecule has 13 heavy (non-hydrogen) atoms. The number of hydrogen-bond donors (Lipinski definition) is 2. The van der Waals surface area contributed by atoms with Gasteiger partial charge in [0.2, 0.25) is 5.91 Å². The van der Waals surface area contributed by atoms with Crippen molar-refractivity contribution in [2.75, 3.05) is 6.54 Å². The summed E-state index contributed by atoms with van der Waals surface area (Å²) in [6.45, 7) is 4.66. The Labute approximate surface area is 80.1 Å². The number of nitrogens with two attached hydrogens (primary N) is 1. The van der Waals surface area contributed by atoms with E-state index in [0.717, 1.165) is 6.42 Å². The van der Waals surface area contributed by atoms with Gasteiger partial charge in [0, 0.05) is 12.0 Å². The summed E-state index contributed by atoms with van der Waals surface area (Å²) in [5.41, 5.74) is 5.40. The van der Waals surface area contributed by atoms with Crippen LogP contribution in [0.25, 0.3) is 0 Å². The first-order valence-corrected chi connectivity index (χ1v) is 5.15. The van der Waals surface area contributed by atoms with E-state index in [1.54, 1.807) is 0 Å². The Hall–Kier alpha value is -0.570. The minimum Gasteiger partial charge on any atom is -0.353 e. The van der Waals surface area contributed by atoms with E-state index in [1.165, 1.54) is 12.8 Å². The maximum Gasteiger partial charge on any atom is 0.223 e. The molecule has 1 saturated carbocycles. The van der Waals surface area contributed by atoms with Crippen molar-refractivity contribution >= 4 is 5.91 Å². The van der Waals surface area contributed by atoms with Gasteiger partial charge in [0.15, 0.2) is 0 Å². The summed E-state index contributed by atoms with van der Waals surface area (Å²) in [7, 11) is 0. The second kappa shape index (κ2) is 4.61. The van der Waals surface area contributed by atoms with Crippen LogP contribution >= 0.6 is 0 Å². The Bertz CT molecular complexity index is 178. The van der Waals surface area contributed by atoms with Crippen LogP contribution in [0.2, 0.25) is 0 Å². The second-order valence-electron chi connectivity index (χ2n) is 4.11. The average molecular weight is 184 g/mol. The topological polar surface area (TPSA) is 55.1 Å². The molecule has 3 nitrogen and oxygen atoms in total. The predicted octanol–water partition coefficient (Wildman–Crippen LogP) is 0.886. The van der Waals surface area contributed by atoms with Crippen molar-refractivity contribution < 1.29 is 4.79 Å². The number of hydrogen-bond acceptors (Lipinski definition) is 2. The lowest BCUT2D eigenvalue weighted by Crippen LogP contribution is -2.38. The summed E-state index contributed by atoms with van der Waals surface area (Å²) in [4.78, 5) is 11.6. The van der Waals surface area contributed by atoms with E-state index in [2.05, 4.69) is 5.32 Å². The van der Waals surface area contributed by atoms with Crippen molar-refractivity contribution in [3.05, 3.63) is 0 Å². The van der Waals surface area contributed by atoms with Crippen LogP contribution in [0.4, 0.5) is 0 Å². The Balaban J connectivity index is 2.22. The highest BCUT2D eigenvalue weighted by molar-refractivity contribution is 5.79. The van der Waals surface area contributed by atoms with Gasteiger partial charge in [-0.25, -0.2) is 0 Å². The Morgan fingerprint density at radius 1 is 1.54 bits per heavy atom. The first-order valence-electron chi connectivity index (χ1n) is 5.15. The molecule has 3 heteroatoms. The summed E-state index contributed by atoms with van der Waals surface area (Å²) in [6.07, 6.45) is 3.31. The lowest BCUT2D eigenvalue weighted by molar-refractivity contribution is -0.125. The number of rotatable bonds is 5. The van der Waals surface area contributed by atoms with Gasteiger partial charge in [-0.05, 0) is 38.6 Å². The van der Waals surface area contributed by atoms with Crippen molar-refractivity contribution in [1.82, 2.24) is 5.32 Å². The van der Waals surface area contributed by atoms with Gasteiger partial charge in [0.1, 0.15) is 0 Å². The molecule has 76 valence electrons. The molecule has 0 spiro atoms. The number of carbonyl (C=O) groups is 1. The molecule has 0 heterocycles. The smallest absolute Gasteiger partial charge is 0.223 e. The summed E-state index contributed by atoms with van der Waals surface area (Å²) >= 11 is 0. The van der Waals surface area contributed by atoms with E-state index in [0.29, 0.717) is 12.5 Å². The maximum atomic E-state index is 11.6. The molecule has 1 fully saturated rings. The normalized spacial score (nSPS) is 20.8. The standard InChI is InChI=1S/C10H20N2O/c1-7(5-6-11)12-10(13)8(2)9-3-4-9/h7-9H,3-6,11H2,1-2H3,(H,12,13). The third kappa shape index (κ3) is 3.35. The summed E-state index contributed by atoms with van der Waals surface area (Å²) < 4.78 is 0. The highest BCUT2D eigenvalue weighted by Crippen LogP contribution is 2.36. The van der Waals surface area contributed by atoms with Crippen LogP contribution in [-0.2, 0) is 4.79 Å². The van der Waals surface area contributed by atoms with Gasteiger partial charge in [-0.3, -0.25) is 4.79 Å². The van der Waals surface area contributed by atoms with Crippen LogP contribution in [0.3, 0.4) is 0 Å². The molecule has 1 amide bonds. The molecule has 1 rings (SSSR count). The number of carbonyl (C=O) groups excluding carboxylic acids is 1. The van der Waals surface area contributed by atoms with E-state index in [4.69, 9.17) is 5.73 Å². The fourth-order valence-electron chi connectivity index (χ4n) is 1.51. The van der Waals surface area contributed by atoms with Gasteiger partial charge in [-0.2, -0.15) is 0 Å². The van der Waals surface area contributed by atoms with Crippen LogP contribution < -0.4 is 11.1 Å². The maximum absolute atomic E-state index is 11.6. The lowest BCUT2D eigenvalue weighted by atomic mass is 10.1. The molecule has 0 radical (unpaired) electrons. The molecule has 1 aliphatic carbocycles. The Morgan fingerprint density at radius 3 is 2.62 bits per heavy atom. The predicted molar refractivity (Wildman–Crippen MR) is 53.2 cm³/mol. The first-order chi connectivity index (χ1) is 6.15. The van der Waals surface area contributed by atoms with E-state index in [1.807, 2.05) is 13.8 Å². The van der Waals surface area contributed by atoms with E-state index < -0.39 is 0 Å². The van der Waals surface area contributed by atoms with Gasteiger partial charge < -0.3 is 11.1 Å². The van der Waals surface area contributed by atoms with Gasteiger partial charge >= 0.3 is 0 Å². The van der Waals surface area contributed by atoms with Crippen molar-refractivity contribution in [2.45, 2.75) is 39.2 Å². The van der Waals surface area contributed by atoms with E-state index in [9.17, 15) is 4.79 Å². The molecule has 0 aromatic heterocycles. The molecule has 0 aromatic rings. The van der Waals surface area contributed by atoms with Gasteiger partial charge in [0.05, 0.1) is 0 Å². The van der Waals surface area contributed by atoms with Crippen LogP contribution in [0.1, 0.15) is 33.1 Å². The average Bonchev–Trinajstić information content (AvgIpc) is 2.85.